The van der Waals surface area contributed by atoms with E-state index in [0.29, 0.717) is 10.8 Å². The van der Waals surface area contributed by atoms with Crippen LogP contribution in [-0.2, 0) is 0 Å². The number of aryl methyl sites for hydroxylation is 1. The van der Waals surface area contributed by atoms with Crippen molar-refractivity contribution in [1.29, 1.82) is 0 Å². The molecule has 0 saturated carbocycles. The predicted octanol–water partition coefficient (Wildman–Crippen LogP) is 4.19. The fourth-order valence-corrected chi connectivity index (χ4v) is 2.76. The Balaban J connectivity index is 1.80. The normalized spacial score (nSPS) is 11.3. The van der Waals surface area contributed by atoms with Crippen LogP contribution in [0, 0.1) is 6.92 Å². The molecule has 0 aliphatic carbocycles. The fraction of sp³-hybridized carbons (Fsp3) is 0.267. The number of rotatable bonds is 5. The van der Waals surface area contributed by atoms with Gasteiger partial charge in [-0.05, 0) is 38.1 Å². The molecule has 0 unspecified atom stereocenters. The van der Waals surface area contributed by atoms with Gasteiger partial charge in [-0.2, -0.15) is 5.10 Å². The van der Waals surface area contributed by atoms with Crippen LogP contribution in [0.4, 0.5) is 16.0 Å². The molecule has 2 aromatic heterocycles. The van der Waals surface area contributed by atoms with Crippen LogP contribution in [0.2, 0.25) is 0 Å². The molecule has 0 aliphatic heterocycles. The summed E-state index contributed by atoms with van der Waals surface area (Å²) >= 11 is 5.69. The average Bonchev–Trinajstić information content (AvgIpc) is 3.20. The summed E-state index contributed by atoms with van der Waals surface area (Å²) in [5.74, 6) is 0. The lowest BCUT2D eigenvalue weighted by atomic mass is 10.3. The summed E-state index contributed by atoms with van der Waals surface area (Å²) in [5.41, 5.74) is 2.44. The molecule has 0 atom stereocenters. The molecule has 3 rings (SSSR count). The maximum atomic E-state index is 4.47. The highest BCUT2D eigenvalue weighted by Gasteiger charge is 2.08. The van der Waals surface area contributed by atoms with E-state index in [1.54, 1.807) is 4.68 Å². The first kappa shape index (κ1) is 16.6. The minimum absolute atomic E-state index is 0.525. The van der Waals surface area contributed by atoms with E-state index in [1.165, 1.54) is 11.3 Å². The smallest absolute Gasteiger partial charge is 0.253 e. The van der Waals surface area contributed by atoms with Crippen LogP contribution in [-0.4, -0.2) is 33.6 Å². The lowest BCUT2D eigenvalue weighted by molar-refractivity contribution is 0.861. The Kier molecular flexibility index (Phi) is 4.91. The van der Waals surface area contributed by atoms with E-state index in [0.717, 1.165) is 28.0 Å². The standard InChI is InChI=1S/C15H17N7S2/c1-4-21(3)15-19-18-14(24-15)17-16-13-9-22(20-10(13)2)11-5-7-12(23)8-6-11/h5-9,23H,4H2,1-3H3. The molecule has 0 spiro atoms. The zero-order valence-electron chi connectivity index (χ0n) is 13.6. The molecule has 0 aliphatic rings. The van der Waals surface area contributed by atoms with Crippen molar-refractivity contribution >= 4 is 39.9 Å². The van der Waals surface area contributed by atoms with Gasteiger partial charge in [-0.25, -0.2) is 4.68 Å². The molecule has 124 valence electrons. The highest BCUT2D eigenvalue weighted by Crippen LogP contribution is 2.28. The van der Waals surface area contributed by atoms with E-state index < -0.39 is 0 Å². The highest BCUT2D eigenvalue weighted by atomic mass is 32.1. The van der Waals surface area contributed by atoms with Crippen LogP contribution < -0.4 is 4.90 Å². The molecule has 0 fully saturated rings. The summed E-state index contributed by atoms with van der Waals surface area (Å²) in [6.45, 7) is 4.82. The van der Waals surface area contributed by atoms with Crippen LogP contribution in [0.1, 0.15) is 12.6 Å². The molecule has 1 aromatic carbocycles. The molecule has 2 heterocycles. The van der Waals surface area contributed by atoms with Gasteiger partial charge in [-0.15, -0.1) is 33.1 Å². The summed E-state index contributed by atoms with van der Waals surface area (Å²) in [5, 5.41) is 22.4. The minimum atomic E-state index is 0.525. The van der Waals surface area contributed by atoms with Gasteiger partial charge in [-0.1, -0.05) is 11.3 Å². The van der Waals surface area contributed by atoms with E-state index in [-0.39, 0.29) is 0 Å². The Labute approximate surface area is 149 Å². The van der Waals surface area contributed by atoms with Gasteiger partial charge in [0.25, 0.3) is 5.13 Å². The summed E-state index contributed by atoms with van der Waals surface area (Å²) < 4.78 is 1.77. The first-order valence-electron chi connectivity index (χ1n) is 7.39. The summed E-state index contributed by atoms with van der Waals surface area (Å²) in [6, 6.07) is 7.74. The maximum absolute atomic E-state index is 4.47. The van der Waals surface area contributed by atoms with Gasteiger partial charge in [0.1, 0.15) is 5.69 Å². The predicted molar refractivity (Wildman–Crippen MR) is 98.6 cm³/mol. The van der Waals surface area contributed by atoms with Crippen molar-refractivity contribution in [3.8, 4) is 5.69 Å². The molecule has 0 N–H and O–H groups in total. The summed E-state index contributed by atoms with van der Waals surface area (Å²) in [7, 11) is 1.96. The van der Waals surface area contributed by atoms with Crippen molar-refractivity contribution in [3.05, 3.63) is 36.2 Å². The number of anilines is 1. The van der Waals surface area contributed by atoms with Gasteiger partial charge in [0, 0.05) is 18.5 Å². The molecular weight excluding hydrogens is 342 g/mol. The Hall–Kier alpha value is -2.26. The second kappa shape index (κ2) is 7.10. The Morgan fingerprint density at radius 2 is 1.96 bits per heavy atom. The molecule has 3 aromatic rings. The molecule has 24 heavy (non-hydrogen) atoms. The number of hydrogen-bond donors (Lipinski definition) is 1. The van der Waals surface area contributed by atoms with E-state index in [1.807, 2.05) is 49.3 Å². The summed E-state index contributed by atoms with van der Waals surface area (Å²) in [4.78, 5) is 2.91. The second-order valence-corrected chi connectivity index (χ2v) is 6.59. The number of azo groups is 1. The third-order valence-electron chi connectivity index (χ3n) is 3.44. The SMILES string of the molecule is CCN(C)c1nnc(N=Nc2cn(-c3ccc(S)cc3)nc2C)s1. The van der Waals surface area contributed by atoms with Crippen LogP contribution in [0.15, 0.2) is 45.6 Å². The van der Waals surface area contributed by atoms with Crippen LogP contribution in [0.5, 0.6) is 0 Å². The summed E-state index contributed by atoms with van der Waals surface area (Å²) in [6.07, 6.45) is 1.84. The molecule has 0 saturated heterocycles. The van der Waals surface area contributed by atoms with Crippen molar-refractivity contribution in [1.82, 2.24) is 20.0 Å². The number of benzene rings is 1. The van der Waals surface area contributed by atoms with Gasteiger partial charge in [0.05, 0.1) is 17.6 Å². The van der Waals surface area contributed by atoms with E-state index in [9.17, 15) is 0 Å². The van der Waals surface area contributed by atoms with Crippen LogP contribution >= 0.6 is 24.0 Å². The number of aromatic nitrogens is 4. The van der Waals surface area contributed by atoms with Crippen molar-refractivity contribution in [2.75, 3.05) is 18.5 Å². The molecule has 7 nitrogen and oxygen atoms in total. The van der Waals surface area contributed by atoms with Gasteiger partial charge >= 0.3 is 0 Å². The third-order valence-corrected chi connectivity index (χ3v) is 4.65. The first-order valence-corrected chi connectivity index (χ1v) is 8.65. The molecule has 0 radical (unpaired) electrons. The molecule has 0 amide bonds. The number of hydrogen-bond acceptors (Lipinski definition) is 8. The van der Waals surface area contributed by atoms with Gasteiger partial charge in [-0.3, -0.25) is 0 Å². The lowest BCUT2D eigenvalue weighted by Gasteiger charge is -2.09. The van der Waals surface area contributed by atoms with E-state index in [2.05, 4.69) is 45.1 Å². The Morgan fingerprint density at radius 1 is 1.21 bits per heavy atom. The van der Waals surface area contributed by atoms with Crippen LogP contribution in [0.25, 0.3) is 5.69 Å². The number of thiol groups is 1. The van der Waals surface area contributed by atoms with Gasteiger partial charge in [0.2, 0.25) is 5.13 Å². The molecular formula is C15H17N7S2. The second-order valence-electron chi connectivity index (χ2n) is 5.14. The zero-order chi connectivity index (χ0) is 17.1. The topological polar surface area (TPSA) is 71.6 Å². The van der Waals surface area contributed by atoms with Crippen molar-refractivity contribution in [2.45, 2.75) is 18.7 Å². The Morgan fingerprint density at radius 3 is 2.67 bits per heavy atom. The highest BCUT2D eigenvalue weighted by molar-refractivity contribution is 7.80. The monoisotopic (exact) mass is 359 g/mol. The van der Waals surface area contributed by atoms with Crippen molar-refractivity contribution in [2.24, 2.45) is 10.2 Å². The molecule has 9 heteroatoms. The first-order chi connectivity index (χ1) is 11.6. The van der Waals surface area contributed by atoms with Crippen LogP contribution in [0.3, 0.4) is 0 Å². The third kappa shape index (κ3) is 3.62. The Bertz CT molecular complexity index is 851. The fourth-order valence-electron chi connectivity index (χ4n) is 1.92. The van der Waals surface area contributed by atoms with E-state index >= 15 is 0 Å². The van der Waals surface area contributed by atoms with E-state index in [4.69, 9.17) is 0 Å². The van der Waals surface area contributed by atoms with Gasteiger partial charge < -0.3 is 4.90 Å². The largest absolute Gasteiger partial charge is 0.350 e. The van der Waals surface area contributed by atoms with Crippen molar-refractivity contribution < 1.29 is 0 Å². The van der Waals surface area contributed by atoms with Crippen molar-refractivity contribution in [3.63, 3.8) is 0 Å². The number of nitrogens with zero attached hydrogens (tertiary/aromatic N) is 7. The maximum Gasteiger partial charge on any atom is 0.253 e. The minimum Gasteiger partial charge on any atom is -0.350 e. The van der Waals surface area contributed by atoms with Gasteiger partial charge in [0.15, 0.2) is 0 Å². The lowest BCUT2D eigenvalue weighted by Crippen LogP contribution is -2.15. The molecule has 0 bridgehead atoms. The quantitative estimate of drug-likeness (QED) is 0.547. The zero-order valence-corrected chi connectivity index (χ0v) is 15.3. The average molecular weight is 359 g/mol.